The van der Waals surface area contributed by atoms with Crippen molar-refractivity contribution in [3.05, 3.63) is 48.0 Å². The summed E-state index contributed by atoms with van der Waals surface area (Å²) in [5.74, 6) is -1.09. The fourth-order valence-electron chi connectivity index (χ4n) is 3.96. The molecule has 0 unspecified atom stereocenters. The predicted octanol–water partition coefficient (Wildman–Crippen LogP) is 2.71. The molecule has 3 aliphatic rings. The van der Waals surface area contributed by atoms with E-state index >= 15 is 0 Å². The van der Waals surface area contributed by atoms with E-state index in [1.54, 1.807) is 0 Å². The van der Waals surface area contributed by atoms with Gasteiger partial charge in [-0.15, -0.1) is 0 Å². The van der Waals surface area contributed by atoms with E-state index in [0.29, 0.717) is 13.0 Å². The average Bonchev–Trinajstić information content (AvgIpc) is 3.18. The van der Waals surface area contributed by atoms with Crippen LogP contribution in [0.3, 0.4) is 0 Å². The highest BCUT2D eigenvalue weighted by Gasteiger charge is 2.66. The molecule has 0 aromatic heterocycles. The first-order valence-corrected chi connectivity index (χ1v) is 8.93. The van der Waals surface area contributed by atoms with Crippen molar-refractivity contribution in [2.75, 3.05) is 0 Å². The molecule has 0 N–H and O–H groups in total. The maximum atomic E-state index is 11.6. The van der Waals surface area contributed by atoms with Crippen molar-refractivity contribution >= 4 is 5.97 Å². The molecule has 1 aromatic carbocycles. The van der Waals surface area contributed by atoms with E-state index < -0.39 is 36.0 Å². The van der Waals surface area contributed by atoms with Crippen LogP contribution < -0.4 is 0 Å². The minimum absolute atomic E-state index is 0.345. The number of rotatable bonds is 4. The minimum Gasteiger partial charge on any atom is -0.459 e. The average molecular weight is 360 g/mol. The normalized spacial score (nSPS) is 37.2. The van der Waals surface area contributed by atoms with E-state index in [1.165, 1.54) is 6.92 Å². The molecule has 0 saturated carbocycles. The molecule has 1 aromatic rings. The van der Waals surface area contributed by atoms with Crippen LogP contribution in [0.4, 0.5) is 0 Å². The number of benzene rings is 1. The Balaban J connectivity index is 1.60. The van der Waals surface area contributed by atoms with E-state index in [2.05, 4.69) is 0 Å². The van der Waals surface area contributed by atoms with E-state index in [0.717, 1.165) is 5.56 Å². The summed E-state index contributed by atoms with van der Waals surface area (Å²) in [6.45, 7) is 5.51. The fraction of sp³-hybridized carbons (Fsp3) is 0.550. The lowest BCUT2D eigenvalue weighted by Gasteiger charge is -2.36. The zero-order valence-corrected chi connectivity index (χ0v) is 15.2. The number of hydrogen-bond donors (Lipinski definition) is 0. The molecule has 2 fully saturated rings. The third-order valence-electron chi connectivity index (χ3n) is 4.96. The lowest BCUT2D eigenvalue weighted by molar-refractivity contribution is -0.251. The van der Waals surface area contributed by atoms with Crippen LogP contribution >= 0.6 is 0 Å². The summed E-state index contributed by atoms with van der Waals surface area (Å²) in [5, 5.41) is 0. The van der Waals surface area contributed by atoms with Gasteiger partial charge in [0.1, 0.15) is 18.3 Å². The fourth-order valence-corrected chi connectivity index (χ4v) is 3.96. The molecule has 2 saturated heterocycles. The van der Waals surface area contributed by atoms with Crippen LogP contribution in [0.5, 0.6) is 0 Å². The Hall–Kier alpha value is -1.73. The van der Waals surface area contributed by atoms with Gasteiger partial charge >= 0.3 is 5.97 Å². The molecular formula is C20H24O6. The molecule has 140 valence electrons. The van der Waals surface area contributed by atoms with Gasteiger partial charge in [-0.2, -0.15) is 0 Å². The van der Waals surface area contributed by atoms with Gasteiger partial charge in [0.05, 0.1) is 6.61 Å². The standard InChI is InChI=1S/C20H24O6/c1-13(21)23-15-10-7-11-20(15)17(22-12-14-8-5-4-6-9-14)16-18(26-20)25-19(2,3)24-16/h4-9,11,15-18H,10,12H2,1-3H3/t15-,16+,17+,18-,20+/m0/s1. The highest BCUT2D eigenvalue weighted by molar-refractivity contribution is 5.66. The van der Waals surface area contributed by atoms with Crippen LogP contribution in [0.2, 0.25) is 0 Å². The van der Waals surface area contributed by atoms with Gasteiger partial charge in [-0.05, 0) is 19.4 Å². The van der Waals surface area contributed by atoms with E-state index in [-0.39, 0.29) is 5.97 Å². The Morgan fingerprint density at radius 3 is 2.69 bits per heavy atom. The molecule has 26 heavy (non-hydrogen) atoms. The zero-order valence-electron chi connectivity index (χ0n) is 15.2. The first-order valence-electron chi connectivity index (χ1n) is 8.93. The number of esters is 1. The van der Waals surface area contributed by atoms with Crippen LogP contribution in [-0.2, 0) is 35.1 Å². The van der Waals surface area contributed by atoms with Gasteiger partial charge < -0.3 is 23.7 Å². The number of carbonyl (C=O) groups is 1. The molecule has 2 aliphatic heterocycles. The first kappa shape index (κ1) is 17.7. The molecule has 2 heterocycles. The molecule has 6 nitrogen and oxygen atoms in total. The van der Waals surface area contributed by atoms with Crippen LogP contribution in [0.1, 0.15) is 32.8 Å². The first-order chi connectivity index (χ1) is 12.4. The number of fused-ring (bicyclic) bond motifs is 1. The van der Waals surface area contributed by atoms with Crippen LogP contribution in [0.15, 0.2) is 42.5 Å². The summed E-state index contributed by atoms with van der Waals surface area (Å²) in [5.41, 5.74) is 0.155. The monoisotopic (exact) mass is 360 g/mol. The highest BCUT2D eigenvalue weighted by Crippen LogP contribution is 2.49. The molecule has 0 radical (unpaired) electrons. The van der Waals surface area contributed by atoms with Crippen molar-refractivity contribution in [3.8, 4) is 0 Å². The third kappa shape index (κ3) is 3.07. The maximum absolute atomic E-state index is 11.6. The smallest absolute Gasteiger partial charge is 0.303 e. The molecule has 6 heteroatoms. The minimum atomic E-state index is -0.897. The number of carbonyl (C=O) groups excluding carboxylic acids is 1. The summed E-state index contributed by atoms with van der Waals surface area (Å²) in [4.78, 5) is 11.6. The lowest BCUT2D eigenvalue weighted by Crippen LogP contribution is -2.52. The molecule has 1 aliphatic carbocycles. The van der Waals surface area contributed by atoms with E-state index in [9.17, 15) is 4.79 Å². The van der Waals surface area contributed by atoms with Crippen LogP contribution in [0.25, 0.3) is 0 Å². The summed E-state index contributed by atoms with van der Waals surface area (Å²) >= 11 is 0. The van der Waals surface area contributed by atoms with Gasteiger partial charge in [-0.3, -0.25) is 4.79 Å². The molecular weight excluding hydrogens is 336 g/mol. The Morgan fingerprint density at radius 1 is 1.19 bits per heavy atom. The number of ether oxygens (including phenoxy) is 5. The van der Waals surface area contributed by atoms with Crippen molar-refractivity contribution < 1.29 is 28.5 Å². The quantitative estimate of drug-likeness (QED) is 0.608. The Bertz CT molecular complexity index is 700. The third-order valence-corrected chi connectivity index (χ3v) is 4.96. The van der Waals surface area contributed by atoms with Crippen LogP contribution in [-0.4, -0.2) is 42.0 Å². The largest absolute Gasteiger partial charge is 0.459 e. The molecule has 4 rings (SSSR count). The van der Waals surface area contributed by atoms with Crippen molar-refractivity contribution in [3.63, 3.8) is 0 Å². The van der Waals surface area contributed by atoms with Gasteiger partial charge in [0.25, 0.3) is 0 Å². The summed E-state index contributed by atoms with van der Waals surface area (Å²) in [6, 6.07) is 9.91. The van der Waals surface area contributed by atoms with Gasteiger partial charge in [-0.25, -0.2) is 0 Å². The number of hydrogen-bond acceptors (Lipinski definition) is 6. The Kier molecular flexibility index (Phi) is 4.39. The second kappa shape index (κ2) is 6.46. The Labute approximate surface area is 153 Å². The topological polar surface area (TPSA) is 63.2 Å². The lowest BCUT2D eigenvalue weighted by atomic mass is 9.91. The maximum Gasteiger partial charge on any atom is 0.303 e. The Morgan fingerprint density at radius 2 is 1.96 bits per heavy atom. The zero-order chi connectivity index (χ0) is 18.4. The second-order valence-electron chi connectivity index (χ2n) is 7.39. The van der Waals surface area contributed by atoms with E-state index in [4.69, 9.17) is 23.7 Å². The predicted molar refractivity (Wildman–Crippen MR) is 92.0 cm³/mol. The molecule has 1 spiro atoms. The molecule has 0 bridgehead atoms. The molecule has 0 amide bonds. The highest BCUT2D eigenvalue weighted by atomic mass is 16.8. The van der Waals surface area contributed by atoms with Crippen molar-refractivity contribution in [2.24, 2.45) is 0 Å². The van der Waals surface area contributed by atoms with Gasteiger partial charge in [0.2, 0.25) is 0 Å². The van der Waals surface area contributed by atoms with Crippen LogP contribution in [0, 0.1) is 0 Å². The van der Waals surface area contributed by atoms with Crippen molar-refractivity contribution in [2.45, 2.75) is 69.8 Å². The summed E-state index contributed by atoms with van der Waals surface area (Å²) in [7, 11) is 0. The second-order valence-corrected chi connectivity index (χ2v) is 7.39. The van der Waals surface area contributed by atoms with Gasteiger partial charge in [0.15, 0.2) is 17.7 Å². The van der Waals surface area contributed by atoms with E-state index in [1.807, 2.05) is 56.3 Å². The van der Waals surface area contributed by atoms with Gasteiger partial charge in [0, 0.05) is 13.3 Å². The summed E-state index contributed by atoms with van der Waals surface area (Å²) in [6.07, 6.45) is 2.60. The van der Waals surface area contributed by atoms with Crippen molar-refractivity contribution in [1.82, 2.24) is 0 Å². The SMILES string of the molecule is CC(=O)O[C@H]1CC=C[C@@]12O[C@@H]1OC(C)(C)O[C@@H]1[C@H]2OCc1ccccc1. The summed E-state index contributed by atoms with van der Waals surface area (Å²) < 4.78 is 30.0. The van der Waals surface area contributed by atoms with Gasteiger partial charge in [-0.1, -0.05) is 42.5 Å². The van der Waals surface area contributed by atoms with Crippen molar-refractivity contribution in [1.29, 1.82) is 0 Å². The molecule has 5 atom stereocenters.